The fourth-order valence-corrected chi connectivity index (χ4v) is 4.18. The van der Waals surface area contributed by atoms with E-state index in [9.17, 15) is 4.79 Å². The van der Waals surface area contributed by atoms with Crippen LogP contribution in [0.5, 0.6) is 11.5 Å². The molecule has 0 aromatic heterocycles. The molecule has 3 rings (SSSR count). The van der Waals surface area contributed by atoms with Gasteiger partial charge in [0.15, 0.2) is 11.5 Å². The summed E-state index contributed by atoms with van der Waals surface area (Å²) in [5.41, 5.74) is 2.17. The number of hydrogen-bond donors (Lipinski definition) is 2. The van der Waals surface area contributed by atoms with Crippen LogP contribution in [-0.4, -0.2) is 49.7 Å². The Bertz CT molecular complexity index is 873. The molecule has 2 aromatic rings. The van der Waals surface area contributed by atoms with E-state index < -0.39 is 0 Å². The molecule has 1 amide bonds. The van der Waals surface area contributed by atoms with Gasteiger partial charge in [-0.25, -0.2) is 0 Å². The summed E-state index contributed by atoms with van der Waals surface area (Å²) in [6.07, 6.45) is 0.748. The highest BCUT2D eigenvalue weighted by Gasteiger charge is 2.36. The third kappa shape index (κ3) is 6.12. The van der Waals surface area contributed by atoms with Crippen LogP contribution < -0.4 is 20.1 Å². The third-order valence-electron chi connectivity index (χ3n) is 5.50. The number of nitrogens with zero attached hydrogens (tertiary/aromatic N) is 1. The maximum Gasteiger partial charge on any atom is 0.237 e. The maximum absolute atomic E-state index is 12.9. The van der Waals surface area contributed by atoms with Gasteiger partial charge in [-0.15, -0.1) is 0 Å². The summed E-state index contributed by atoms with van der Waals surface area (Å²) in [5.74, 6) is 1.53. The van der Waals surface area contributed by atoms with E-state index >= 15 is 0 Å². The molecule has 2 N–H and O–H groups in total. The Balaban J connectivity index is 1.70. The van der Waals surface area contributed by atoms with Crippen LogP contribution >= 0.6 is 11.6 Å². The van der Waals surface area contributed by atoms with Gasteiger partial charge in [0.25, 0.3) is 0 Å². The van der Waals surface area contributed by atoms with Crippen LogP contribution in [-0.2, 0) is 17.9 Å². The Hall–Kier alpha value is -2.28. The fraction of sp³-hybridized carbons (Fsp3) is 0.458. The van der Waals surface area contributed by atoms with E-state index in [2.05, 4.69) is 15.5 Å². The molecule has 0 unspecified atom stereocenters. The standard InChI is InChI=1S/C24H32ClN3O3/c1-16(2)27-24(29)21-12-20(15-28(21)14-17-8-10-19(25)11-9-17)26-13-18-6-5-7-22(30-3)23(18)31-4/h5-11,16,20-21,26H,12-15H2,1-4H3,(H,27,29)/t20-,21-/m0/s1. The van der Waals surface area contributed by atoms with E-state index in [0.29, 0.717) is 23.9 Å². The zero-order valence-corrected chi connectivity index (χ0v) is 19.4. The number of halogens is 1. The van der Waals surface area contributed by atoms with E-state index in [-0.39, 0.29) is 24.0 Å². The molecule has 0 radical (unpaired) electrons. The molecule has 1 aliphatic rings. The number of amides is 1. The normalized spacial score (nSPS) is 18.9. The second-order valence-electron chi connectivity index (χ2n) is 8.20. The largest absolute Gasteiger partial charge is 0.493 e. The Morgan fingerprint density at radius 3 is 2.55 bits per heavy atom. The lowest BCUT2D eigenvalue weighted by Crippen LogP contribution is -2.45. The minimum Gasteiger partial charge on any atom is -0.493 e. The van der Waals surface area contributed by atoms with Crippen molar-refractivity contribution in [1.29, 1.82) is 0 Å². The molecule has 1 heterocycles. The third-order valence-corrected chi connectivity index (χ3v) is 5.75. The van der Waals surface area contributed by atoms with Crippen molar-refractivity contribution in [3.8, 4) is 11.5 Å². The molecule has 2 atom stereocenters. The highest BCUT2D eigenvalue weighted by molar-refractivity contribution is 6.30. The lowest BCUT2D eigenvalue weighted by Gasteiger charge is -2.24. The molecule has 2 aromatic carbocycles. The van der Waals surface area contributed by atoms with Crippen LogP contribution in [0.1, 0.15) is 31.4 Å². The summed E-state index contributed by atoms with van der Waals surface area (Å²) < 4.78 is 10.9. The number of carbonyl (C=O) groups is 1. The number of benzene rings is 2. The number of methoxy groups -OCH3 is 2. The van der Waals surface area contributed by atoms with E-state index in [1.807, 2.05) is 56.3 Å². The zero-order valence-electron chi connectivity index (χ0n) is 18.7. The molecule has 0 saturated carbocycles. The van der Waals surface area contributed by atoms with Crippen LogP contribution in [0.15, 0.2) is 42.5 Å². The highest BCUT2D eigenvalue weighted by Crippen LogP contribution is 2.31. The molecule has 1 fully saturated rings. The van der Waals surface area contributed by atoms with Crippen molar-refractivity contribution in [3.05, 3.63) is 58.6 Å². The van der Waals surface area contributed by atoms with Crippen molar-refractivity contribution in [2.75, 3.05) is 20.8 Å². The van der Waals surface area contributed by atoms with Gasteiger partial charge in [-0.2, -0.15) is 0 Å². The minimum absolute atomic E-state index is 0.0761. The Kier molecular flexibility index (Phi) is 8.18. The maximum atomic E-state index is 12.9. The van der Waals surface area contributed by atoms with Gasteiger partial charge < -0.3 is 20.1 Å². The first-order chi connectivity index (χ1) is 14.9. The lowest BCUT2D eigenvalue weighted by atomic mass is 10.1. The first-order valence-corrected chi connectivity index (χ1v) is 11.0. The number of ether oxygens (including phenoxy) is 2. The Morgan fingerprint density at radius 1 is 1.16 bits per heavy atom. The summed E-state index contributed by atoms with van der Waals surface area (Å²) in [4.78, 5) is 15.1. The van der Waals surface area contributed by atoms with Crippen molar-refractivity contribution >= 4 is 17.5 Å². The van der Waals surface area contributed by atoms with Crippen molar-refractivity contribution in [2.45, 2.75) is 51.5 Å². The second kappa shape index (κ2) is 10.8. The number of likely N-dealkylation sites (tertiary alicyclic amines) is 1. The molecule has 6 nitrogen and oxygen atoms in total. The van der Waals surface area contributed by atoms with Gasteiger partial charge in [0, 0.05) is 42.3 Å². The van der Waals surface area contributed by atoms with Gasteiger partial charge >= 0.3 is 0 Å². The van der Waals surface area contributed by atoms with Gasteiger partial charge in [-0.3, -0.25) is 9.69 Å². The predicted octanol–water partition coefficient (Wildman–Crippen LogP) is 3.61. The van der Waals surface area contributed by atoms with Crippen LogP contribution in [0.4, 0.5) is 0 Å². The smallest absolute Gasteiger partial charge is 0.237 e. The van der Waals surface area contributed by atoms with E-state index in [4.69, 9.17) is 21.1 Å². The number of rotatable bonds is 9. The van der Waals surface area contributed by atoms with Crippen LogP contribution in [0, 0.1) is 0 Å². The fourth-order valence-electron chi connectivity index (χ4n) is 4.05. The van der Waals surface area contributed by atoms with Crippen LogP contribution in [0.25, 0.3) is 0 Å². The summed E-state index contributed by atoms with van der Waals surface area (Å²) >= 11 is 6.03. The zero-order chi connectivity index (χ0) is 22.4. The highest BCUT2D eigenvalue weighted by atomic mass is 35.5. The summed E-state index contributed by atoms with van der Waals surface area (Å²) in [6, 6.07) is 13.8. The van der Waals surface area contributed by atoms with Crippen molar-refractivity contribution in [2.24, 2.45) is 0 Å². The lowest BCUT2D eigenvalue weighted by molar-refractivity contribution is -0.126. The molecule has 0 bridgehead atoms. The summed E-state index contributed by atoms with van der Waals surface area (Å²) in [6.45, 7) is 6.10. The number of nitrogens with one attached hydrogen (secondary N) is 2. The second-order valence-corrected chi connectivity index (χ2v) is 8.64. The molecular formula is C24H32ClN3O3. The summed E-state index contributed by atoms with van der Waals surface area (Å²) in [5, 5.41) is 7.39. The van der Waals surface area contributed by atoms with Gasteiger partial charge in [0.05, 0.1) is 20.3 Å². The first-order valence-electron chi connectivity index (χ1n) is 10.6. The predicted molar refractivity (Wildman–Crippen MR) is 124 cm³/mol. The molecule has 1 aliphatic heterocycles. The minimum atomic E-state index is -0.178. The van der Waals surface area contributed by atoms with E-state index in [1.54, 1.807) is 14.2 Å². The molecule has 0 spiro atoms. The molecule has 31 heavy (non-hydrogen) atoms. The SMILES string of the molecule is COc1cccc(CN[C@H]2C[C@@H](C(=O)NC(C)C)N(Cc3ccc(Cl)cc3)C2)c1OC. The Morgan fingerprint density at radius 2 is 1.90 bits per heavy atom. The average Bonchev–Trinajstić information content (AvgIpc) is 3.15. The first kappa shape index (κ1) is 23.4. The van der Waals surface area contributed by atoms with Gasteiger partial charge in [-0.05, 0) is 44.0 Å². The number of hydrogen-bond acceptors (Lipinski definition) is 5. The van der Waals surface area contributed by atoms with Crippen LogP contribution in [0.3, 0.4) is 0 Å². The number of carbonyl (C=O) groups excluding carboxylic acids is 1. The van der Waals surface area contributed by atoms with Crippen molar-refractivity contribution in [1.82, 2.24) is 15.5 Å². The van der Waals surface area contributed by atoms with E-state index in [1.165, 1.54) is 0 Å². The molecule has 168 valence electrons. The quantitative estimate of drug-likeness (QED) is 0.617. The van der Waals surface area contributed by atoms with Gasteiger partial charge in [-0.1, -0.05) is 35.9 Å². The Labute approximate surface area is 189 Å². The van der Waals surface area contributed by atoms with Crippen LogP contribution in [0.2, 0.25) is 5.02 Å². The molecule has 0 aliphatic carbocycles. The monoisotopic (exact) mass is 445 g/mol. The van der Waals surface area contributed by atoms with Gasteiger partial charge in [0.1, 0.15) is 0 Å². The molecular weight excluding hydrogens is 414 g/mol. The van der Waals surface area contributed by atoms with Crippen molar-refractivity contribution < 1.29 is 14.3 Å². The van der Waals surface area contributed by atoms with Crippen molar-refractivity contribution in [3.63, 3.8) is 0 Å². The topological polar surface area (TPSA) is 62.8 Å². The molecule has 1 saturated heterocycles. The van der Waals surface area contributed by atoms with Gasteiger partial charge in [0.2, 0.25) is 5.91 Å². The van der Waals surface area contributed by atoms with E-state index in [0.717, 1.165) is 29.8 Å². The summed E-state index contributed by atoms with van der Waals surface area (Å²) in [7, 11) is 3.29. The molecule has 7 heteroatoms. The average molecular weight is 446 g/mol. The number of para-hydroxylation sites is 1.